The number of hydrogen-bond donors (Lipinski definition) is 0. The topological polar surface area (TPSA) is 52.6 Å². The molecule has 2 radical (unpaired) electrons. The third kappa shape index (κ3) is 3.68. The molecule has 0 N–H and O–H groups in total. The van der Waals surface area contributed by atoms with E-state index in [1.54, 1.807) is 0 Å². The zero-order valence-corrected chi connectivity index (χ0v) is 16.0. The van der Waals surface area contributed by atoms with Crippen LogP contribution in [-0.2, 0) is 14.9 Å². The van der Waals surface area contributed by atoms with Crippen LogP contribution in [0.25, 0.3) is 21.5 Å². The minimum atomic E-state index is -0.800. The predicted octanol–water partition coefficient (Wildman–Crippen LogP) is 4.81. The highest BCUT2D eigenvalue weighted by Crippen LogP contribution is 2.43. The summed E-state index contributed by atoms with van der Waals surface area (Å²) in [4.78, 5) is 23.6. The van der Waals surface area contributed by atoms with Crippen LogP contribution in [0.4, 0.5) is 4.79 Å². The fourth-order valence-corrected chi connectivity index (χ4v) is 3.79. The van der Waals surface area contributed by atoms with Crippen LogP contribution in [0.15, 0.2) is 42.5 Å². The summed E-state index contributed by atoms with van der Waals surface area (Å²) < 4.78 is 10.3. The van der Waals surface area contributed by atoms with Gasteiger partial charge in [-0.3, -0.25) is 0 Å². The van der Waals surface area contributed by atoms with Crippen molar-refractivity contribution < 1.29 is 19.1 Å². The average Bonchev–Trinajstić information content (AvgIpc) is 2.58. The van der Waals surface area contributed by atoms with Gasteiger partial charge in [-0.05, 0) is 46.2 Å². The van der Waals surface area contributed by atoms with Crippen molar-refractivity contribution in [2.45, 2.75) is 32.6 Å². The van der Waals surface area contributed by atoms with Crippen LogP contribution in [0.1, 0.15) is 31.4 Å². The van der Waals surface area contributed by atoms with Gasteiger partial charge in [-0.1, -0.05) is 44.2 Å². The second kappa shape index (κ2) is 7.07. The molecule has 0 spiro atoms. The van der Waals surface area contributed by atoms with E-state index in [4.69, 9.17) is 17.3 Å². The Morgan fingerprint density at radius 1 is 1.04 bits per heavy atom. The van der Waals surface area contributed by atoms with E-state index < -0.39 is 17.3 Å². The molecule has 0 heterocycles. The molecule has 136 valence electrons. The predicted molar refractivity (Wildman–Crippen MR) is 108 cm³/mol. The summed E-state index contributed by atoms with van der Waals surface area (Å²) in [6.07, 6.45) is -0.670. The van der Waals surface area contributed by atoms with E-state index in [0.717, 1.165) is 32.7 Å². The Bertz CT molecular complexity index is 1050. The number of benzene rings is 3. The average molecular weight is 360 g/mol. The maximum atomic E-state index is 12.0. The second-order valence-corrected chi connectivity index (χ2v) is 7.40. The van der Waals surface area contributed by atoms with Gasteiger partial charge in [0.05, 0.1) is 12.8 Å². The largest absolute Gasteiger partial charge is 0.513 e. The highest BCUT2D eigenvalue weighted by molar-refractivity contribution is 6.57. The Hall–Kier alpha value is -2.82. The van der Waals surface area contributed by atoms with Gasteiger partial charge in [0.15, 0.2) is 7.85 Å². The van der Waals surface area contributed by atoms with E-state index >= 15 is 0 Å². The van der Waals surface area contributed by atoms with E-state index in [0.29, 0.717) is 5.75 Å². The van der Waals surface area contributed by atoms with Gasteiger partial charge in [0, 0.05) is 17.4 Å². The van der Waals surface area contributed by atoms with Crippen molar-refractivity contribution in [2.75, 3.05) is 7.11 Å². The van der Waals surface area contributed by atoms with Gasteiger partial charge in [0.2, 0.25) is 0 Å². The molecule has 4 nitrogen and oxygen atoms in total. The lowest BCUT2D eigenvalue weighted by Crippen LogP contribution is -2.25. The molecule has 3 aromatic rings. The highest BCUT2D eigenvalue weighted by Gasteiger charge is 2.30. The van der Waals surface area contributed by atoms with Crippen LogP contribution in [0.5, 0.6) is 5.75 Å². The maximum absolute atomic E-state index is 12.0. The molecule has 0 atom stereocenters. The Balaban J connectivity index is 2.37. The lowest BCUT2D eigenvalue weighted by atomic mass is 9.73. The molecule has 0 unspecified atom stereocenters. The van der Waals surface area contributed by atoms with Crippen LogP contribution in [0.3, 0.4) is 0 Å². The first-order chi connectivity index (χ1) is 12.7. The van der Waals surface area contributed by atoms with Gasteiger partial charge in [-0.15, -0.1) is 0 Å². The normalized spacial score (nSPS) is 11.6. The van der Waals surface area contributed by atoms with Crippen molar-refractivity contribution >= 4 is 41.2 Å². The van der Waals surface area contributed by atoms with E-state index in [2.05, 4.69) is 6.07 Å². The van der Waals surface area contributed by atoms with E-state index in [1.807, 2.05) is 57.2 Å². The summed E-state index contributed by atoms with van der Waals surface area (Å²) in [5, 5.41) is 3.86. The summed E-state index contributed by atoms with van der Waals surface area (Å²) in [5.74, 6) is 0.411. The number of hydrogen-bond acceptors (Lipinski definition) is 4. The number of methoxy groups -OCH3 is 1. The minimum Gasteiger partial charge on any atom is -0.437 e. The third-order valence-electron chi connectivity index (χ3n) is 4.80. The quantitative estimate of drug-likeness (QED) is 0.290. The van der Waals surface area contributed by atoms with Crippen LogP contribution >= 0.6 is 0 Å². The molecular formula is C22H21BO4. The summed E-state index contributed by atoms with van der Waals surface area (Å²) >= 11 is 0. The van der Waals surface area contributed by atoms with Crippen molar-refractivity contribution in [3.63, 3.8) is 0 Å². The zero-order chi connectivity index (χ0) is 19.8. The molecule has 3 rings (SSSR count). The molecule has 0 aliphatic rings. The Labute approximate surface area is 159 Å². The maximum Gasteiger partial charge on any atom is 0.513 e. The molecule has 0 saturated heterocycles. The first kappa shape index (κ1) is 19.0. The second-order valence-electron chi connectivity index (χ2n) is 7.40. The lowest BCUT2D eigenvalue weighted by molar-refractivity contribution is -0.112. The standard InChI is InChI=1S/C22H21BO4/c1-13-9-16-10-14-7-5-6-8-15(14)11-17(16)20(27-21(25)26-4)19(13)22(2,3)12-18(23)24/h5-11H,12H2,1-4H3. The molecule has 27 heavy (non-hydrogen) atoms. The van der Waals surface area contributed by atoms with Crippen molar-refractivity contribution in [3.05, 3.63) is 53.6 Å². The first-order valence-corrected chi connectivity index (χ1v) is 8.73. The third-order valence-corrected chi connectivity index (χ3v) is 4.80. The van der Waals surface area contributed by atoms with Crippen molar-refractivity contribution in [3.8, 4) is 5.75 Å². The summed E-state index contributed by atoms with van der Waals surface area (Å²) in [5.41, 5.74) is 0.665. The number of aryl methyl sites for hydroxylation is 1. The fourth-order valence-electron chi connectivity index (χ4n) is 3.79. The van der Waals surface area contributed by atoms with Crippen molar-refractivity contribution in [1.82, 2.24) is 0 Å². The van der Waals surface area contributed by atoms with Gasteiger partial charge in [-0.2, -0.15) is 0 Å². The minimum absolute atomic E-state index is 0.129. The van der Waals surface area contributed by atoms with Gasteiger partial charge in [0.1, 0.15) is 5.75 Å². The van der Waals surface area contributed by atoms with Gasteiger partial charge in [-0.25, -0.2) is 4.79 Å². The number of carbonyl (C=O) groups is 2. The Morgan fingerprint density at radius 3 is 2.26 bits per heavy atom. The fraction of sp³-hybridized carbons (Fsp3) is 0.273. The van der Waals surface area contributed by atoms with Crippen molar-refractivity contribution in [1.29, 1.82) is 0 Å². The summed E-state index contributed by atoms with van der Waals surface area (Å²) in [6, 6.07) is 14.1. The van der Waals surface area contributed by atoms with E-state index in [-0.39, 0.29) is 6.42 Å². The monoisotopic (exact) mass is 360 g/mol. The summed E-state index contributed by atoms with van der Waals surface area (Å²) in [7, 11) is 6.73. The molecule has 0 aromatic heterocycles. The van der Waals surface area contributed by atoms with Crippen LogP contribution < -0.4 is 4.74 Å². The molecule has 5 heteroatoms. The van der Waals surface area contributed by atoms with Gasteiger partial charge in [0.25, 0.3) is 0 Å². The lowest BCUT2D eigenvalue weighted by Gasteiger charge is -2.29. The summed E-state index contributed by atoms with van der Waals surface area (Å²) in [6.45, 7) is 5.77. The first-order valence-electron chi connectivity index (χ1n) is 8.73. The molecule has 0 bridgehead atoms. The van der Waals surface area contributed by atoms with Crippen LogP contribution in [-0.4, -0.2) is 26.8 Å². The molecule has 0 amide bonds. The molecule has 3 aromatic carbocycles. The van der Waals surface area contributed by atoms with Crippen LogP contribution in [0, 0.1) is 6.92 Å². The molecular weight excluding hydrogens is 339 g/mol. The van der Waals surface area contributed by atoms with Crippen LogP contribution in [0.2, 0.25) is 0 Å². The number of fused-ring (bicyclic) bond motifs is 2. The highest BCUT2D eigenvalue weighted by atomic mass is 16.7. The molecule has 0 saturated carbocycles. The number of ether oxygens (including phenoxy) is 2. The SMILES string of the molecule is [B]C(=O)CC(C)(C)c1c(C)cc2cc3ccccc3cc2c1OC(=O)OC. The Morgan fingerprint density at radius 2 is 1.67 bits per heavy atom. The van der Waals surface area contributed by atoms with E-state index in [1.165, 1.54) is 7.11 Å². The number of rotatable bonds is 4. The van der Waals surface area contributed by atoms with Crippen molar-refractivity contribution in [2.24, 2.45) is 0 Å². The Kier molecular flexibility index (Phi) is 4.96. The zero-order valence-electron chi connectivity index (χ0n) is 16.0. The molecule has 0 aliphatic carbocycles. The smallest absolute Gasteiger partial charge is 0.437 e. The molecule has 0 fully saturated rings. The van der Waals surface area contributed by atoms with Gasteiger partial charge >= 0.3 is 6.16 Å². The van der Waals surface area contributed by atoms with E-state index in [9.17, 15) is 9.59 Å². The van der Waals surface area contributed by atoms with Gasteiger partial charge < -0.3 is 14.3 Å². The molecule has 0 aliphatic heterocycles. The number of carbonyl (C=O) groups excluding carboxylic acids is 2.